The SMILES string of the molecule is CC/C=C/C/C=C/C/C=C/CCCCCCC(=O)NC(COP(=O)(O)OCC[N+](C)(C)C)C(/C=C/CCCCCCCCCCCCC)OC(=O)CCCCCCCCCCCCCCCCCCCCC. The molecule has 0 fully saturated rings. The number of phosphoric ester groups is 1. The highest BCUT2D eigenvalue weighted by molar-refractivity contribution is 7.47. The van der Waals surface area contributed by atoms with E-state index in [1.54, 1.807) is 0 Å². The summed E-state index contributed by atoms with van der Waals surface area (Å²) in [5.41, 5.74) is 0. The van der Waals surface area contributed by atoms with Crippen molar-refractivity contribution in [1.29, 1.82) is 0 Å². The topological polar surface area (TPSA) is 111 Å². The first-order chi connectivity index (χ1) is 34.9. The van der Waals surface area contributed by atoms with Crippen molar-refractivity contribution in [3.63, 3.8) is 0 Å². The van der Waals surface area contributed by atoms with Gasteiger partial charge >= 0.3 is 13.8 Å². The summed E-state index contributed by atoms with van der Waals surface area (Å²) in [6, 6.07) is -0.857. The zero-order valence-electron chi connectivity index (χ0n) is 48.2. The molecule has 0 bridgehead atoms. The Kier molecular flexibility index (Phi) is 50.9. The number of unbranched alkanes of at least 4 members (excludes halogenated alkanes) is 33. The summed E-state index contributed by atoms with van der Waals surface area (Å²) >= 11 is 0. The number of esters is 1. The van der Waals surface area contributed by atoms with Gasteiger partial charge in [-0.2, -0.15) is 0 Å². The van der Waals surface area contributed by atoms with Gasteiger partial charge in [0.15, 0.2) is 0 Å². The number of nitrogens with one attached hydrogen (secondary N) is 1. The van der Waals surface area contributed by atoms with Gasteiger partial charge < -0.3 is 19.4 Å². The fourth-order valence-electron chi connectivity index (χ4n) is 8.84. The highest BCUT2D eigenvalue weighted by Crippen LogP contribution is 2.43. The number of hydrogen-bond acceptors (Lipinski definition) is 6. The Labute approximate surface area is 446 Å². The number of rotatable bonds is 55. The van der Waals surface area contributed by atoms with Crippen molar-refractivity contribution in [2.24, 2.45) is 0 Å². The van der Waals surface area contributed by atoms with Gasteiger partial charge in [-0.1, -0.05) is 256 Å². The second kappa shape index (κ2) is 52.4. The minimum absolute atomic E-state index is 0.0365. The Morgan fingerprint density at radius 1 is 0.500 bits per heavy atom. The van der Waals surface area contributed by atoms with Crippen LogP contribution in [0, 0.1) is 0 Å². The molecule has 0 spiro atoms. The molecule has 0 aromatic carbocycles. The Hall–Kier alpha value is -2.03. The molecule has 0 rings (SSSR count). The molecular weight excluding hydrogens is 916 g/mol. The average molecular weight is 1030 g/mol. The fraction of sp³-hybridized carbons (Fsp3) is 0.839. The summed E-state index contributed by atoms with van der Waals surface area (Å²) in [5, 5.41) is 3.04. The number of hydrogen-bond donors (Lipinski definition) is 2. The number of quaternary nitrogens is 1. The van der Waals surface area contributed by atoms with E-state index in [1.807, 2.05) is 33.3 Å². The Morgan fingerprint density at radius 2 is 0.889 bits per heavy atom. The molecule has 0 saturated heterocycles. The van der Waals surface area contributed by atoms with Crippen molar-refractivity contribution in [3.8, 4) is 0 Å². The number of allylic oxidation sites excluding steroid dienone is 7. The smallest absolute Gasteiger partial charge is 0.456 e. The van der Waals surface area contributed by atoms with Crippen LogP contribution in [-0.4, -0.2) is 74.3 Å². The molecule has 0 aliphatic rings. The molecule has 72 heavy (non-hydrogen) atoms. The molecule has 2 N–H and O–H groups in total. The Bertz CT molecular complexity index is 1380. The maximum absolute atomic E-state index is 13.5. The second-order valence-corrected chi connectivity index (χ2v) is 23.3. The van der Waals surface area contributed by atoms with Gasteiger partial charge in [0, 0.05) is 12.8 Å². The summed E-state index contributed by atoms with van der Waals surface area (Å²) in [5.74, 6) is -0.521. The molecule has 0 radical (unpaired) electrons. The molecule has 0 aliphatic heterocycles. The van der Waals surface area contributed by atoms with Crippen LogP contribution < -0.4 is 5.32 Å². The van der Waals surface area contributed by atoms with Gasteiger partial charge in [0.25, 0.3) is 0 Å². The van der Waals surface area contributed by atoms with Crippen LogP contribution in [0.4, 0.5) is 0 Å². The van der Waals surface area contributed by atoms with Crippen molar-refractivity contribution in [3.05, 3.63) is 48.6 Å². The highest BCUT2D eigenvalue weighted by atomic mass is 31.2. The van der Waals surface area contributed by atoms with Crippen LogP contribution in [0.1, 0.15) is 284 Å². The van der Waals surface area contributed by atoms with Crippen LogP contribution in [0.25, 0.3) is 0 Å². The lowest BCUT2D eigenvalue weighted by Crippen LogP contribution is -2.47. The van der Waals surface area contributed by atoms with E-state index < -0.39 is 20.0 Å². The monoisotopic (exact) mass is 1030 g/mol. The predicted molar refractivity (Wildman–Crippen MR) is 309 cm³/mol. The average Bonchev–Trinajstić information content (AvgIpc) is 3.34. The predicted octanol–water partition coefficient (Wildman–Crippen LogP) is 18.5. The number of amides is 1. The quantitative estimate of drug-likeness (QED) is 0.0205. The molecule has 1 amide bonds. The van der Waals surface area contributed by atoms with E-state index in [2.05, 4.69) is 62.5 Å². The first-order valence-electron chi connectivity index (χ1n) is 30.5. The summed E-state index contributed by atoms with van der Waals surface area (Å²) in [6.45, 7) is 6.91. The number of likely N-dealkylation sites (N-methyl/N-ethyl adjacent to an activating group) is 1. The van der Waals surface area contributed by atoms with Crippen molar-refractivity contribution >= 4 is 19.7 Å². The van der Waals surface area contributed by atoms with E-state index in [-0.39, 0.29) is 25.1 Å². The van der Waals surface area contributed by atoms with E-state index in [9.17, 15) is 19.0 Å². The summed E-state index contributed by atoms with van der Waals surface area (Å²) in [4.78, 5) is 37.6. The maximum atomic E-state index is 13.5. The molecule has 0 aliphatic carbocycles. The first-order valence-corrected chi connectivity index (χ1v) is 32.0. The number of phosphoric acid groups is 1. The van der Waals surface area contributed by atoms with Crippen LogP contribution >= 0.6 is 7.82 Å². The Balaban J connectivity index is 5.29. The number of carbonyl (C=O) groups excluding carboxylic acids is 2. The van der Waals surface area contributed by atoms with Crippen LogP contribution in [0.5, 0.6) is 0 Å². The molecule has 422 valence electrons. The summed E-state index contributed by atoms with van der Waals surface area (Å²) in [7, 11) is 1.49. The minimum atomic E-state index is -4.45. The lowest BCUT2D eigenvalue weighted by Gasteiger charge is -2.27. The molecule has 9 nitrogen and oxygen atoms in total. The van der Waals surface area contributed by atoms with E-state index in [1.165, 1.54) is 161 Å². The van der Waals surface area contributed by atoms with Gasteiger partial charge in [-0.25, -0.2) is 4.57 Å². The van der Waals surface area contributed by atoms with E-state index >= 15 is 0 Å². The molecule has 3 unspecified atom stereocenters. The van der Waals surface area contributed by atoms with Crippen molar-refractivity contribution in [1.82, 2.24) is 5.32 Å². The molecule has 0 heterocycles. The number of ether oxygens (including phenoxy) is 1. The minimum Gasteiger partial charge on any atom is -0.456 e. The molecule has 3 atom stereocenters. The molecule has 0 aromatic heterocycles. The molecule has 10 heteroatoms. The van der Waals surface area contributed by atoms with Gasteiger partial charge in [-0.05, 0) is 63.9 Å². The second-order valence-electron chi connectivity index (χ2n) is 21.9. The molecule has 0 saturated carbocycles. The maximum Gasteiger partial charge on any atom is 0.472 e. The third-order valence-electron chi connectivity index (χ3n) is 13.5. The van der Waals surface area contributed by atoms with Gasteiger partial charge in [0.2, 0.25) is 5.91 Å². The standard InChI is InChI=1S/C62H117N2O7P/c1-7-10-13-16-19-22-25-28-30-31-32-33-34-37-40-43-46-49-52-55-62(66)71-60(53-50-47-44-41-38-35-27-24-21-18-15-12-9-3)59(58-70-72(67,68)69-57-56-64(4,5)6)63-61(65)54-51-48-45-42-39-36-29-26-23-20-17-14-11-8-2/h11,14,20,23,29,36,50,53,59-60H,7-10,12-13,15-19,21-22,24-28,30-35,37-49,51-52,54-58H2,1-6H3,(H-,63,65,67,68)/p+1/b14-11+,23-20+,36-29+,53-50+. The van der Waals surface area contributed by atoms with E-state index in [0.29, 0.717) is 23.9 Å². The Morgan fingerprint density at radius 3 is 1.33 bits per heavy atom. The van der Waals surface area contributed by atoms with Crippen molar-refractivity contribution in [2.45, 2.75) is 296 Å². The normalized spacial score (nSPS) is 14.0. The fourth-order valence-corrected chi connectivity index (χ4v) is 9.57. The lowest BCUT2D eigenvalue weighted by molar-refractivity contribution is -0.870. The zero-order chi connectivity index (χ0) is 52.9. The largest absolute Gasteiger partial charge is 0.472 e. The summed E-state index contributed by atoms with van der Waals surface area (Å²) < 4.78 is 30.7. The number of nitrogens with zero attached hydrogens (tertiary/aromatic N) is 1. The molecular formula is C62H118N2O7P+. The van der Waals surface area contributed by atoms with Gasteiger partial charge in [-0.15, -0.1) is 0 Å². The third kappa shape index (κ3) is 52.8. The summed E-state index contributed by atoms with van der Waals surface area (Å²) in [6.07, 6.45) is 63.9. The zero-order valence-corrected chi connectivity index (χ0v) is 49.1. The highest BCUT2D eigenvalue weighted by Gasteiger charge is 2.30. The third-order valence-corrected chi connectivity index (χ3v) is 14.5. The van der Waals surface area contributed by atoms with Crippen LogP contribution in [0.2, 0.25) is 0 Å². The van der Waals surface area contributed by atoms with Gasteiger partial charge in [-0.3, -0.25) is 18.6 Å². The van der Waals surface area contributed by atoms with Crippen molar-refractivity contribution in [2.75, 3.05) is 40.9 Å². The first kappa shape index (κ1) is 70.0. The van der Waals surface area contributed by atoms with Gasteiger partial charge in [0.1, 0.15) is 19.3 Å². The van der Waals surface area contributed by atoms with Crippen LogP contribution in [0.3, 0.4) is 0 Å². The van der Waals surface area contributed by atoms with Gasteiger partial charge in [0.05, 0.1) is 33.8 Å². The number of carbonyl (C=O) groups is 2. The van der Waals surface area contributed by atoms with E-state index in [4.69, 9.17) is 13.8 Å². The van der Waals surface area contributed by atoms with Crippen LogP contribution in [0.15, 0.2) is 48.6 Å². The molecule has 0 aromatic rings. The lowest BCUT2D eigenvalue weighted by atomic mass is 10.0. The van der Waals surface area contributed by atoms with Crippen LogP contribution in [-0.2, 0) is 27.9 Å². The van der Waals surface area contributed by atoms with E-state index in [0.717, 1.165) is 89.9 Å². The van der Waals surface area contributed by atoms with Crippen molar-refractivity contribution < 1.29 is 37.3 Å².